The van der Waals surface area contributed by atoms with Gasteiger partial charge in [-0.2, -0.15) is 0 Å². The van der Waals surface area contributed by atoms with E-state index in [0.717, 1.165) is 35.7 Å². The second-order valence-corrected chi connectivity index (χ2v) is 7.86. The number of rotatable bonds is 8. The van der Waals surface area contributed by atoms with Crippen molar-refractivity contribution >= 4 is 23.6 Å². The maximum atomic E-state index is 12.3. The molecule has 3 aromatic rings. The number of aromatic nitrogens is 3. The van der Waals surface area contributed by atoms with Gasteiger partial charge in [-0.25, -0.2) is 0 Å². The summed E-state index contributed by atoms with van der Waals surface area (Å²) in [5.41, 5.74) is 8.17. The van der Waals surface area contributed by atoms with Crippen LogP contribution in [0.5, 0.6) is 0 Å². The monoisotopic (exact) mass is 423 g/mol. The van der Waals surface area contributed by atoms with Crippen LogP contribution >= 0.6 is 11.8 Å². The van der Waals surface area contributed by atoms with Crippen molar-refractivity contribution in [2.24, 2.45) is 7.05 Å². The summed E-state index contributed by atoms with van der Waals surface area (Å²) in [6, 6.07) is 14.7. The Hall–Kier alpha value is -3.13. The van der Waals surface area contributed by atoms with E-state index in [1.165, 1.54) is 5.56 Å². The molecule has 30 heavy (non-hydrogen) atoms. The summed E-state index contributed by atoms with van der Waals surface area (Å²) in [4.78, 5) is 24.5. The molecule has 3 rings (SSSR count). The maximum absolute atomic E-state index is 12.3. The summed E-state index contributed by atoms with van der Waals surface area (Å²) >= 11 is 1.57. The highest BCUT2D eigenvalue weighted by Gasteiger charge is 2.10. The second-order valence-electron chi connectivity index (χ2n) is 6.92. The van der Waals surface area contributed by atoms with E-state index >= 15 is 0 Å². The number of hydrogen-bond acceptors (Lipinski definition) is 5. The number of amides is 2. The van der Waals surface area contributed by atoms with E-state index in [1.54, 1.807) is 42.4 Å². The number of nitrogens with one attached hydrogen (secondary N) is 2. The number of thioether (sulfide) groups is 1. The predicted octanol–water partition coefficient (Wildman–Crippen LogP) is 3.52. The van der Waals surface area contributed by atoms with E-state index in [2.05, 4.69) is 28.0 Å². The summed E-state index contributed by atoms with van der Waals surface area (Å²) in [5.74, 6) is 0.0110. The van der Waals surface area contributed by atoms with E-state index < -0.39 is 0 Å². The zero-order valence-corrected chi connectivity index (χ0v) is 17.9. The Balaban J connectivity index is 1.48. The molecule has 8 heteroatoms. The average molecular weight is 424 g/mol. The van der Waals surface area contributed by atoms with Gasteiger partial charge in [-0.1, -0.05) is 49.4 Å². The molecule has 2 amide bonds. The molecule has 0 saturated heterocycles. The van der Waals surface area contributed by atoms with Crippen LogP contribution in [-0.2, 0) is 19.2 Å². The van der Waals surface area contributed by atoms with Crippen molar-refractivity contribution < 1.29 is 9.59 Å². The van der Waals surface area contributed by atoms with Crippen LogP contribution in [0.15, 0.2) is 60.0 Å². The Morgan fingerprint density at radius 1 is 0.933 bits per heavy atom. The van der Waals surface area contributed by atoms with Crippen molar-refractivity contribution in [2.75, 3.05) is 0 Å². The Morgan fingerprint density at radius 2 is 1.50 bits per heavy atom. The number of unbranched alkanes of at least 4 members (excludes halogenated alkanes) is 1. The van der Waals surface area contributed by atoms with Crippen LogP contribution in [0, 0.1) is 0 Å². The molecular weight excluding hydrogens is 398 g/mol. The smallest absolute Gasteiger partial charge is 0.269 e. The molecule has 0 spiro atoms. The SMILES string of the molecule is CCCCc1ccc(C(=O)NNC(=O)c2ccc(CSc3nncn3C)cc2)cc1. The fourth-order valence-corrected chi connectivity index (χ4v) is 3.61. The van der Waals surface area contributed by atoms with E-state index in [-0.39, 0.29) is 11.8 Å². The largest absolute Gasteiger partial charge is 0.312 e. The van der Waals surface area contributed by atoms with Crippen molar-refractivity contribution in [1.29, 1.82) is 0 Å². The molecule has 0 saturated carbocycles. The maximum Gasteiger partial charge on any atom is 0.269 e. The molecule has 2 N–H and O–H groups in total. The Labute approximate surface area is 180 Å². The lowest BCUT2D eigenvalue weighted by Gasteiger charge is -2.09. The van der Waals surface area contributed by atoms with Gasteiger partial charge in [-0.05, 0) is 48.2 Å². The lowest BCUT2D eigenvalue weighted by molar-refractivity contribution is 0.0846. The molecule has 0 aliphatic carbocycles. The van der Waals surface area contributed by atoms with Crippen LogP contribution in [0.4, 0.5) is 0 Å². The van der Waals surface area contributed by atoms with Crippen molar-refractivity contribution in [3.05, 3.63) is 77.1 Å². The molecule has 0 fully saturated rings. The van der Waals surface area contributed by atoms with E-state index in [9.17, 15) is 9.59 Å². The van der Waals surface area contributed by atoms with Crippen molar-refractivity contribution in [2.45, 2.75) is 37.1 Å². The second kappa shape index (κ2) is 10.6. The summed E-state index contributed by atoms with van der Waals surface area (Å²) in [5, 5.41) is 8.71. The molecule has 156 valence electrons. The van der Waals surface area contributed by atoms with Gasteiger partial charge in [0.2, 0.25) is 0 Å². The van der Waals surface area contributed by atoms with Crippen LogP contribution in [-0.4, -0.2) is 26.6 Å². The fraction of sp³-hybridized carbons (Fsp3) is 0.273. The molecule has 0 radical (unpaired) electrons. The number of hydrogen-bond donors (Lipinski definition) is 2. The molecule has 1 heterocycles. The van der Waals surface area contributed by atoms with E-state index in [1.807, 2.05) is 35.9 Å². The quantitative estimate of drug-likeness (QED) is 0.427. The van der Waals surface area contributed by atoms with Gasteiger partial charge in [0.1, 0.15) is 6.33 Å². The summed E-state index contributed by atoms with van der Waals surface area (Å²) in [6.07, 6.45) is 4.92. The number of aryl methyl sites for hydroxylation is 2. The highest BCUT2D eigenvalue weighted by Crippen LogP contribution is 2.20. The van der Waals surface area contributed by atoms with Gasteiger partial charge in [-0.3, -0.25) is 20.4 Å². The van der Waals surface area contributed by atoms with Gasteiger partial charge in [0.05, 0.1) is 0 Å². The highest BCUT2D eigenvalue weighted by atomic mass is 32.2. The van der Waals surface area contributed by atoms with Crippen LogP contribution in [0.3, 0.4) is 0 Å². The number of hydrazine groups is 1. The van der Waals surface area contributed by atoms with Crippen molar-refractivity contribution in [1.82, 2.24) is 25.6 Å². The van der Waals surface area contributed by atoms with Crippen LogP contribution in [0.25, 0.3) is 0 Å². The number of carbonyl (C=O) groups is 2. The Bertz CT molecular complexity index is 984. The summed E-state index contributed by atoms with van der Waals surface area (Å²) < 4.78 is 1.86. The first kappa shape index (κ1) is 21.6. The molecule has 0 unspecified atom stereocenters. The molecule has 7 nitrogen and oxygen atoms in total. The topological polar surface area (TPSA) is 88.9 Å². The van der Waals surface area contributed by atoms with Crippen molar-refractivity contribution in [3.63, 3.8) is 0 Å². The standard InChI is InChI=1S/C22H25N5O2S/c1-3-4-5-16-6-10-18(11-7-16)20(28)24-25-21(29)19-12-8-17(9-13-19)14-30-22-26-23-15-27(22)2/h6-13,15H,3-5,14H2,1-2H3,(H,24,28)(H,25,29). The van der Waals surface area contributed by atoms with Crippen molar-refractivity contribution in [3.8, 4) is 0 Å². The molecule has 0 aliphatic heterocycles. The third-order valence-corrected chi connectivity index (χ3v) is 5.68. The Kier molecular flexibility index (Phi) is 7.62. The minimum Gasteiger partial charge on any atom is -0.312 e. The van der Waals surface area contributed by atoms with E-state index in [4.69, 9.17) is 0 Å². The molecule has 1 aromatic heterocycles. The third kappa shape index (κ3) is 5.93. The van der Waals surface area contributed by atoms with E-state index in [0.29, 0.717) is 11.1 Å². The van der Waals surface area contributed by atoms with Crippen LogP contribution < -0.4 is 10.9 Å². The molecule has 0 aliphatic rings. The first-order valence-corrected chi connectivity index (χ1v) is 10.8. The van der Waals surface area contributed by atoms with Gasteiger partial charge in [0.15, 0.2) is 5.16 Å². The van der Waals surface area contributed by atoms with Crippen LogP contribution in [0.1, 0.15) is 51.6 Å². The normalized spacial score (nSPS) is 10.6. The first-order valence-electron chi connectivity index (χ1n) is 9.82. The van der Waals surface area contributed by atoms with Gasteiger partial charge in [0, 0.05) is 23.9 Å². The van der Waals surface area contributed by atoms with Gasteiger partial charge in [0.25, 0.3) is 11.8 Å². The summed E-state index contributed by atoms with van der Waals surface area (Å²) in [7, 11) is 1.89. The minimum absolute atomic E-state index is 0.345. The third-order valence-electron chi connectivity index (χ3n) is 4.58. The Morgan fingerprint density at radius 3 is 2.00 bits per heavy atom. The lowest BCUT2D eigenvalue weighted by Crippen LogP contribution is -2.41. The number of carbonyl (C=O) groups excluding carboxylic acids is 2. The average Bonchev–Trinajstić information content (AvgIpc) is 3.19. The zero-order valence-electron chi connectivity index (χ0n) is 17.1. The molecular formula is C22H25N5O2S. The van der Waals surface area contributed by atoms with Crippen LogP contribution in [0.2, 0.25) is 0 Å². The molecule has 0 bridgehead atoms. The zero-order chi connectivity index (χ0) is 21.3. The minimum atomic E-state index is -0.365. The highest BCUT2D eigenvalue weighted by molar-refractivity contribution is 7.98. The molecule has 2 aromatic carbocycles. The number of nitrogens with zero attached hydrogens (tertiary/aromatic N) is 3. The van der Waals surface area contributed by atoms with Gasteiger partial charge in [-0.15, -0.1) is 10.2 Å². The summed E-state index contributed by atoms with van der Waals surface area (Å²) in [6.45, 7) is 2.15. The lowest BCUT2D eigenvalue weighted by atomic mass is 10.1. The first-order chi connectivity index (χ1) is 14.6. The predicted molar refractivity (Wildman–Crippen MR) is 117 cm³/mol. The number of benzene rings is 2. The molecule has 0 atom stereocenters. The van der Waals surface area contributed by atoms with Gasteiger partial charge < -0.3 is 4.57 Å². The fourth-order valence-electron chi connectivity index (χ4n) is 2.77. The van der Waals surface area contributed by atoms with Gasteiger partial charge >= 0.3 is 0 Å².